The van der Waals surface area contributed by atoms with Gasteiger partial charge in [-0.1, -0.05) is 6.07 Å². The quantitative estimate of drug-likeness (QED) is 0.476. The molecule has 7 nitrogen and oxygen atoms in total. The number of nitrogens with one attached hydrogen (secondary N) is 3. The first-order valence-corrected chi connectivity index (χ1v) is 9.04. The number of hydrogen-bond acceptors (Lipinski definition) is 5. The number of aromatic nitrogens is 2. The molecule has 0 saturated carbocycles. The standard InChI is InChI=1S/C17H16N4O3S.2ClH/c22-16-4-3-14-15(5-6-18-17(14)20-16)19-12-2-1-10-7-13(21-25(23)24)9-11(10)8-12;;/h1-6,8,13,25H,7,9H2,(H,21,23,24)(H2,18,19,20,22);2*1H. The lowest BCUT2D eigenvalue weighted by Gasteiger charge is -2.10. The molecular weight excluding hydrogens is 411 g/mol. The number of rotatable bonds is 4. The lowest BCUT2D eigenvalue weighted by molar-refractivity contribution is 0.575. The maximum absolute atomic E-state index is 11.4. The molecule has 1 aliphatic rings. The molecule has 0 radical (unpaired) electrons. The largest absolute Gasteiger partial charge is 0.355 e. The van der Waals surface area contributed by atoms with E-state index in [9.17, 15) is 13.2 Å². The summed E-state index contributed by atoms with van der Waals surface area (Å²) < 4.78 is 24.3. The summed E-state index contributed by atoms with van der Waals surface area (Å²) in [6.45, 7) is 0. The SMILES string of the molecule is Cl.Cl.O=c1ccc2c(Nc3ccc4c(c3)CC(N[SH](=O)=O)C4)ccnc2[nH]1. The number of nitrogens with zero attached hydrogens (tertiary/aromatic N) is 1. The monoisotopic (exact) mass is 428 g/mol. The molecule has 144 valence electrons. The molecule has 1 aliphatic carbocycles. The average molecular weight is 429 g/mol. The number of halogens is 2. The minimum atomic E-state index is -2.59. The van der Waals surface area contributed by atoms with Gasteiger partial charge in [-0.15, -0.1) is 24.8 Å². The van der Waals surface area contributed by atoms with Crippen molar-refractivity contribution < 1.29 is 8.42 Å². The van der Waals surface area contributed by atoms with E-state index < -0.39 is 10.9 Å². The molecule has 1 unspecified atom stereocenters. The second-order valence-corrected chi connectivity index (χ2v) is 6.82. The Bertz CT molecular complexity index is 1090. The minimum Gasteiger partial charge on any atom is -0.355 e. The Kier molecular flexibility index (Phi) is 6.83. The zero-order valence-electron chi connectivity index (χ0n) is 14.0. The van der Waals surface area contributed by atoms with Gasteiger partial charge in [0.1, 0.15) is 5.65 Å². The maximum atomic E-state index is 11.4. The van der Waals surface area contributed by atoms with E-state index in [0.717, 1.165) is 27.9 Å². The van der Waals surface area contributed by atoms with Crippen LogP contribution in [0.1, 0.15) is 11.1 Å². The van der Waals surface area contributed by atoms with Crippen LogP contribution in [-0.2, 0) is 23.7 Å². The van der Waals surface area contributed by atoms with Crippen molar-refractivity contribution in [3.63, 3.8) is 0 Å². The lowest BCUT2D eigenvalue weighted by Crippen LogP contribution is -2.27. The Morgan fingerprint density at radius 3 is 2.59 bits per heavy atom. The molecule has 0 aliphatic heterocycles. The van der Waals surface area contributed by atoms with E-state index in [1.807, 2.05) is 24.3 Å². The summed E-state index contributed by atoms with van der Waals surface area (Å²) >= 11 is 0. The fraction of sp³-hybridized carbons (Fsp3) is 0.176. The van der Waals surface area contributed by atoms with Gasteiger partial charge >= 0.3 is 0 Å². The molecular formula is C17H18Cl2N4O3S. The summed E-state index contributed by atoms with van der Waals surface area (Å²) in [6, 6.07) is 11.0. The second-order valence-electron chi connectivity index (χ2n) is 6.04. The van der Waals surface area contributed by atoms with Gasteiger partial charge in [-0.05, 0) is 48.2 Å². The molecule has 3 N–H and O–H groups in total. The number of aromatic amines is 1. The van der Waals surface area contributed by atoms with E-state index in [-0.39, 0.29) is 36.4 Å². The van der Waals surface area contributed by atoms with Crippen molar-refractivity contribution in [2.45, 2.75) is 18.9 Å². The van der Waals surface area contributed by atoms with Crippen LogP contribution >= 0.6 is 24.8 Å². The third-order valence-corrected chi connectivity index (χ3v) is 4.91. The van der Waals surface area contributed by atoms with Gasteiger partial charge in [-0.25, -0.2) is 18.1 Å². The van der Waals surface area contributed by atoms with Gasteiger partial charge in [0, 0.05) is 29.4 Å². The Labute approximate surface area is 169 Å². The third kappa shape index (κ3) is 4.59. The van der Waals surface area contributed by atoms with Gasteiger partial charge in [-0.3, -0.25) is 4.79 Å². The Balaban J connectivity index is 0.00000131. The van der Waals surface area contributed by atoms with Crippen LogP contribution in [0.3, 0.4) is 0 Å². The maximum Gasteiger partial charge on any atom is 0.249 e. The fourth-order valence-corrected chi connectivity index (χ4v) is 3.74. The highest BCUT2D eigenvalue weighted by Gasteiger charge is 2.22. The molecule has 10 heteroatoms. The van der Waals surface area contributed by atoms with Crippen LogP contribution in [0, 0.1) is 0 Å². The van der Waals surface area contributed by atoms with Crippen molar-refractivity contribution in [1.29, 1.82) is 0 Å². The molecule has 1 atom stereocenters. The first-order chi connectivity index (χ1) is 12.1. The second kappa shape index (κ2) is 8.71. The molecule has 3 aromatic rings. The smallest absolute Gasteiger partial charge is 0.249 e. The molecule has 0 saturated heterocycles. The highest BCUT2D eigenvalue weighted by molar-refractivity contribution is 7.70. The Morgan fingerprint density at radius 2 is 1.81 bits per heavy atom. The van der Waals surface area contributed by atoms with E-state index in [1.54, 1.807) is 12.3 Å². The van der Waals surface area contributed by atoms with Crippen LogP contribution in [0.25, 0.3) is 11.0 Å². The summed E-state index contributed by atoms with van der Waals surface area (Å²) in [5.41, 5.74) is 4.38. The van der Waals surface area contributed by atoms with E-state index in [4.69, 9.17) is 0 Å². The molecule has 1 aromatic carbocycles. The number of H-pyrrole nitrogens is 1. The topological polar surface area (TPSA) is 104 Å². The number of hydrogen-bond donors (Lipinski definition) is 4. The predicted octanol–water partition coefficient (Wildman–Crippen LogP) is 2.09. The van der Waals surface area contributed by atoms with Gasteiger partial charge in [-0.2, -0.15) is 0 Å². The van der Waals surface area contributed by atoms with E-state index in [0.29, 0.717) is 18.5 Å². The average Bonchev–Trinajstić information content (AvgIpc) is 2.95. The van der Waals surface area contributed by atoms with Gasteiger partial charge < -0.3 is 10.3 Å². The van der Waals surface area contributed by atoms with Gasteiger partial charge in [0.05, 0.1) is 5.69 Å². The van der Waals surface area contributed by atoms with E-state index in [2.05, 4.69) is 20.0 Å². The number of benzene rings is 1. The number of anilines is 2. The Hall–Kier alpha value is -2.13. The minimum absolute atomic E-state index is 0. The first-order valence-electron chi connectivity index (χ1n) is 7.86. The summed E-state index contributed by atoms with van der Waals surface area (Å²) in [6.07, 6.45) is 3.02. The summed E-state index contributed by atoms with van der Waals surface area (Å²) in [5.74, 6) is 0. The normalized spacial score (nSPS) is 15.1. The fourth-order valence-electron chi connectivity index (χ4n) is 3.26. The predicted molar refractivity (Wildman–Crippen MR) is 111 cm³/mol. The van der Waals surface area contributed by atoms with Crippen molar-refractivity contribution in [3.8, 4) is 0 Å². The number of pyridine rings is 2. The van der Waals surface area contributed by atoms with Crippen LogP contribution in [0.5, 0.6) is 0 Å². The van der Waals surface area contributed by atoms with E-state index in [1.165, 1.54) is 6.07 Å². The molecule has 0 spiro atoms. The summed E-state index contributed by atoms with van der Waals surface area (Å²) in [4.78, 5) is 18.3. The molecule has 0 amide bonds. The van der Waals surface area contributed by atoms with Crippen LogP contribution in [0.4, 0.5) is 11.4 Å². The summed E-state index contributed by atoms with van der Waals surface area (Å²) in [5, 5.41) is 4.17. The van der Waals surface area contributed by atoms with Crippen LogP contribution < -0.4 is 15.6 Å². The molecule has 0 fully saturated rings. The zero-order valence-corrected chi connectivity index (χ0v) is 16.5. The van der Waals surface area contributed by atoms with Gasteiger partial charge in [0.15, 0.2) is 0 Å². The zero-order chi connectivity index (χ0) is 17.4. The van der Waals surface area contributed by atoms with Crippen molar-refractivity contribution in [2.24, 2.45) is 0 Å². The van der Waals surface area contributed by atoms with Crippen LogP contribution in [0.15, 0.2) is 47.4 Å². The van der Waals surface area contributed by atoms with Crippen molar-refractivity contribution in [3.05, 3.63) is 64.1 Å². The van der Waals surface area contributed by atoms with Crippen molar-refractivity contribution in [2.75, 3.05) is 5.32 Å². The van der Waals surface area contributed by atoms with Crippen LogP contribution in [0.2, 0.25) is 0 Å². The molecule has 0 bridgehead atoms. The molecule has 4 rings (SSSR count). The van der Waals surface area contributed by atoms with Crippen LogP contribution in [-0.4, -0.2) is 24.4 Å². The number of thiol groups is 1. The highest BCUT2D eigenvalue weighted by Crippen LogP contribution is 2.28. The van der Waals surface area contributed by atoms with E-state index >= 15 is 0 Å². The van der Waals surface area contributed by atoms with Crippen molar-refractivity contribution in [1.82, 2.24) is 14.7 Å². The molecule has 2 heterocycles. The Morgan fingerprint density at radius 1 is 1.04 bits per heavy atom. The molecule has 27 heavy (non-hydrogen) atoms. The lowest BCUT2D eigenvalue weighted by atomic mass is 10.1. The van der Waals surface area contributed by atoms with Gasteiger partial charge in [0.2, 0.25) is 16.4 Å². The third-order valence-electron chi connectivity index (χ3n) is 4.34. The first kappa shape index (κ1) is 21.2. The number of fused-ring (bicyclic) bond motifs is 2. The van der Waals surface area contributed by atoms with Gasteiger partial charge in [0.25, 0.3) is 0 Å². The van der Waals surface area contributed by atoms with Crippen molar-refractivity contribution >= 4 is 58.1 Å². The summed E-state index contributed by atoms with van der Waals surface area (Å²) in [7, 11) is -2.59. The highest BCUT2D eigenvalue weighted by atomic mass is 35.5. The molecule has 2 aromatic heterocycles.